The average molecular weight is 262 g/mol. The fraction of sp³-hybridized carbons (Fsp3) is 0.438. The predicted molar refractivity (Wildman–Crippen MR) is 76.4 cm³/mol. The van der Waals surface area contributed by atoms with Gasteiger partial charge in [-0.25, -0.2) is 4.79 Å². The van der Waals surface area contributed by atoms with Gasteiger partial charge in [0.2, 0.25) is 0 Å². The lowest BCUT2D eigenvalue weighted by atomic mass is 10.1. The molecule has 0 atom stereocenters. The maximum absolute atomic E-state index is 10.6. The molecule has 104 valence electrons. The van der Waals surface area contributed by atoms with Crippen LogP contribution in [0.4, 0.5) is 0 Å². The summed E-state index contributed by atoms with van der Waals surface area (Å²) in [5, 5.41) is 8.68. The number of unbranched alkanes of at least 4 members (excludes halogenated alkanes) is 4. The van der Waals surface area contributed by atoms with E-state index in [4.69, 9.17) is 9.84 Å². The number of hydrogen-bond acceptors (Lipinski definition) is 2. The molecule has 0 aliphatic carbocycles. The van der Waals surface area contributed by atoms with Crippen LogP contribution in [0, 0.1) is 0 Å². The third-order valence-electron chi connectivity index (χ3n) is 2.90. The van der Waals surface area contributed by atoms with Gasteiger partial charge in [-0.15, -0.1) is 0 Å². The molecule has 0 amide bonds. The van der Waals surface area contributed by atoms with Gasteiger partial charge in [0.05, 0.1) is 6.61 Å². The van der Waals surface area contributed by atoms with Crippen molar-refractivity contribution >= 4 is 5.97 Å². The molecule has 0 spiro atoms. The van der Waals surface area contributed by atoms with Crippen LogP contribution in [0.5, 0.6) is 5.75 Å². The molecule has 0 bridgehead atoms. The summed E-state index contributed by atoms with van der Waals surface area (Å²) in [6.45, 7) is 2.38. The highest BCUT2D eigenvalue weighted by Gasteiger charge is 1.98. The number of carboxylic acid groups (broad SMARTS) is 1. The van der Waals surface area contributed by atoms with E-state index in [1.165, 1.54) is 0 Å². The first-order valence-electron chi connectivity index (χ1n) is 6.78. The standard InChI is InChI=1S/C16H22O3/c1-14(16(17)18)10-6-3-2-4-9-13-19-15-11-7-5-8-12-15/h5,7-8,10-12H,2-4,6,9,13H2,1H3,(H,17,18). The molecule has 0 unspecified atom stereocenters. The first-order chi connectivity index (χ1) is 9.20. The second-order valence-electron chi connectivity index (χ2n) is 4.56. The van der Waals surface area contributed by atoms with Crippen LogP contribution >= 0.6 is 0 Å². The fourth-order valence-corrected chi connectivity index (χ4v) is 1.71. The zero-order valence-corrected chi connectivity index (χ0v) is 11.5. The molecule has 1 aromatic carbocycles. The van der Waals surface area contributed by atoms with Crippen molar-refractivity contribution in [2.75, 3.05) is 6.61 Å². The van der Waals surface area contributed by atoms with Crippen LogP contribution in [-0.4, -0.2) is 17.7 Å². The number of ether oxygens (including phenoxy) is 1. The zero-order chi connectivity index (χ0) is 13.9. The van der Waals surface area contributed by atoms with Crippen molar-refractivity contribution in [3.8, 4) is 5.75 Å². The molecular formula is C16H22O3. The van der Waals surface area contributed by atoms with Crippen molar-refractivity contribution in [1.82, 2.24) is 0 Å². The van der Waals surface area contributed by atoms with Gasteiger partial charge < -0.3 is 9.84 Å². The predicted octanol–water partition coefficient (Wildman–Crippen LogP) is 4.05. The van der Waals surface area contributed by atoms with E-state index in [0.717, 1.165) is 44.5 Å². The summed E-state index contributed by atoms with van der Waals surface area (Å²) < 4.78 is 5.59. The van der Waals surface area contributed by atoms with Crippen molar-refractivity contribution < 1.29 is 14.6 Å². The van der Waals surface area contributed by atoms with Crippen LogP contribution < -0.4 is 4.74 Å². The largest absolute Gasteiger partial charge is 0.494 e. The van der Waals surface area contributed by atoms with Gasteiger partial charge in [-0.05, 0) is 38.3 Å². The summed E-state index contributed by atoms with van der Waals surface area (Å²) in [6, 6.07) is 9.82. The molecule has 0 fully saturated rings. The number of carbonyl (C=O) groups is 1. The minimum absolute atomic E-state index is 0.437. The third-order valence-corrected chi connectivity index (χ3v) is 2.90. The van der Waals surface area contributed by atoms with Crippen molar-refractivity contribution in [1.29, 1.82) is 0 Å². The molecule has 0 aliphatic heterocycles. The Morgan fingerprint density at radius 1 is 1.16 bits per heavy atom. The topological polar surface area (TPSA) is 46.5 Å². The van der Waals surface area contributed by atoms with Gasteiger partial charge in [0.1, 0.15) is 5.75 Å². The molecule has 1 rings (SSSR count). The molecule has 0 radical (unpaired) electrons. The second-order valence-corrected chi connectivity index (χ2v) is 4.56. The second kappa shape index (κ2) is 9.20. The molecule has 1 N–H and O–H groups in total. The quantitative estimate of drug-likeness (QED) is 0.539. The summed E-state index contributed by atoms with van der Waals surface area (Å²) in [5.74, 6) is 0.0961. The number of benzene rings is 1. The Morgan fingerprint density at radius 2 is 1.84 bits per heavy atom. The molecule has 0 saturated carbocycles. The number of allylic oxidation sites excluding steroid dienone is 1. The Labute approximate surface area is 114 Å². The lowest BCUT2D eigenvalue weighted by Gasteiger charge is -2.05. The normalized spacial score (nSPS) is 11.3. The van der Waals surface area contributed by atoms with E-state index in [0.29, 0.717) is 5.57 Å². The summed E-state index contributed by atoms with van der Waals surface area (Å²) in [7, 11) is 0. The van der Waals surface area contributed by atoms with Gasteiger partial charge in [-0.1, -0.05) is 37.1 Å². The molecule has 0 saturated heterocycles. The fourth-order valence-electron chi connectivity index (χ4n) is 1.71. The Balaban J connectivity index is 1.97. The van der Waals surface area contributed by atoms with Crippen LogP contribution in [-0.2, 0) is 4.79 Å². The van der Waals surface area contributed by atoms with Crippen molar-refractivity contribution in [2.24, 2.45) is 0 Å². The summed E-state index contributed by atoms with van der Waals surface area (Å²) in [6.07, 6.45) is 6.95. The number of carboxylic acids is 1. The van der Waals surface area contributed by atoms with Crippen LogP contribution in [0.3, 0.4) is 0 Å². The van der Waals surface area contributed by atoms with Crippen LogP contribution in [0.2, 0.25) is 0 Å². The monoisotopic (exact) mass is 262 g/mol. The molecule has 3 nitrogen and oxygen atoms in total. The van der Waals surface area contributed by atoms with E-state index in [-0.39, 0.29) is 0 Å². The molecule has 3 heteroatoms. The number of aliphatic carboxylic acids is 1. The van der Waals surface area contributed by atoms with Gasteiger partial charge >= 0.3 is 5.97 Å². The Morgan fingerprint density at radius 3 is 2.53 bits per heavy atom. The lowest BCUT2D eigenvalue weighted by Crippen LogP contribution is -1.97. The maximum Gasteiger partial charge on any atom is 0.330 e. The van der Waals surface area contributed by atoms with Gasteiger partial charge in [0.15, 0.2) is 0 Å². The number of rotatable bonds is 9. The molecular weight excluding hydrogens is 240 g/mol. The zero-order valence-electron chi connectivity index (χ0n) is 11.5. The van der Waals surface area contributed by atoms with E-state index in [9.17, 15) is 4.79 Å². The van der Waals surface area contributed by atoms with Crippen molar-refractivity contribution in [3.63, 3.8) is 0 Å². The van der Waals surface area contributed by atoms with Crippen LogP contribution in [0.25, 0.3) is 0 Å². The minimum atomic E-state index is -0.823. The highest BCUT2D eigenvalue weighted by Crippen LogP contribution is 2.10. The van der Waals surface area contributed by atoms with Gasteiger partial charge in [-0.3, -0.25) is 0 Å². The molecule has 0 heterocycles. The first-order valence-corrected chi connectivity index (χ1v) is 6.78. The maximum atomic E-state index is 10.6. The first kappa shape index (κ1) is 15.3. The van der Waals surface area contributed by atoms with Crippen molar-refractivity contribution in [2.45, 2.75) is 39.0 Å². The molecule has 0 aromatic heterocycles. The summed E-state index contributed by atoms with van der Waals surface area (Å²) in [5.41, 5.74) is 0.437. The lowest BCUT2D eigenvalue weighted by molar-refractivity contribution is -0.132. The van der Waals surface area contributed by atoms with Crippen LogP contribution in [0.15, 0.2) is 42.0 Å². The molecule has 0 aliphatic rings. The van der Waals surface area contributed by atoms with E-state index >= 15 is 0 Å². The summed E-state index contributed by atoms with van der Waals surface area (Å²) >= 11 is 0. The number of hydrogen-bond donors (Lipinski definition) is 1. The average Bonchev–Trinajstić information content (AvgIpc) is 2.42. The van der Waals surface area contributed by atoms with E-state index in [2.05, 4.69) is 0 Å². The highest BCUT2D eigenvalue weighted by molar-refractivity contribution is 5.85. The minimum Gasteiger partial charge on any atom is -0.494 e. The summed E-state index contributed by atoms with van der Waals surface area (Å²) in [4.78, 5) is 10.6. The Kier molecular flexibility index (Phi) is 7.40. The third kappa shape index (κ3) is 7.29. The highest BCUT2D eigenvalue weighted by atomic mass is 16.5. The van der Waals surface area contributed by atoms with Crippen LogP contribution in [0.1, 0.15) is 39.0 Å². The van der Waals surface area contributed by atoms with E-state index in [1.807, 2.05) is 30.3 Å². The van der Waals surface area contributed by atoms with Gasteiger partial charge in [0, 0.05) is 5.57 Å². The van der Waals surface area contributed by atoms with Crippen molar-refractivity contribution in [3.05, 3.63) is 42.0 Å². The van der Waals surface area contributed by atoms with E-state index in [1.54, 1.807) is 13.0 Å². The smallest absolute Gasteiger partial charge is 0.330 e. The van der Waals surface area contributed by atoms with Gasteiger partial charge in [0.25, 0.3) is 0 Å². The van der Waals surface area contributed by atoms with E-state index < -0.39 is 5.97 Å². The SMILES string of the molecule is CC(=CCCCCCCOc1ccccc1)C(=O)O. The molecule has 19 heavy (non-hydrogen) atoms. The Bertz CT molecular complexity index is 396. The molecule has 1 aromatic rings. The Hall–Kier alpha value is -1.77. The number of para-hydroxylation sites is 1. The van der Waals surface area contributed by atoms with Gasteiger partial charge in [-0.2, -0.15) is 0 Å².